The van der Waals surface area contributed by atoms with Crippen LogP contribution in [-0.4, -0.2) is 35.2 Å². The van der Waals surface area contributed by atoms with Crippen molar-refractivity contribution < 1.29 is 45.5 Å². The van der Waals surface area contributed by atoms with Gasteiger partial charge in [-0.15, -0.1) is 13.2 Å². The monoisotopic (exact) mass is 545 g/mol. The third kappa shape index (κ3) is 6.57. The highest BCUT2D eigenvalue weighted by Gasteiger charge is 2.31. The molecule has 0 fully saturated rings. The van der Waals surface area contributed by atoms with Crippen molar-refractivity contribution in [3.63, 3.8) is 0 Å². The molecule has 0 saturated carbocycles. The van der Waals surface area contributed by atoms with Crippen molar-refractivity contribution in [3.05, 3.63) is 90.3 Å². The van der Waals surface area contributed by atoms with Gasteiger partial charge in [0.15, 0.2) is 11.5 Å². The van der Waals surface area contributed by atoms with E-state index >= 15 is 4.39 Å². The summed E-state index contributed by atoms with van der Waals surface area (Å²) in [6.45, 7) is 0. The molecular formula is C26H18F4N4O5. The zero-order valence-electron chi connectivity index (χ0n) is 22.5. The fraction of sp³-hybridized carbons (Fsp3) is 0.0769. The smallest absolute Gasteiger partial charge is 0.493 e. The minimum Gasteiger partial charge on any atom is -0.493 e. The number of pyridine rings is 2. The second-order valence-electron chi connectivity index (χ2n) is 7.68. The fourth-order valence-electron chi connectivity index (χ4n) is 3.39. The number of primary amides is 1. The van der Waals surface area contributed by atoms with Crippen LogP contribution in [0.1, 0.15) is 25.0 Å². The van der Waals surface area contributed by atoms with Crippen LogP contribution in [0, 0.1) is 5.82 Å². The maximum atomic E-state index is 15.6. The van der Waals surface area contributed by atoms with Crippen LogP contribution in [-0.2, 0) is 0 Å². The van der Waals surface area contributed by atoms with Gasteiger partial charge in [-0.25, -0.2) is 4.39 Å². The second kappa shape index (κ2) is 11.0. The molecular weight excluding hydrogens is 524 g/mol. The molecule has 2 aromatic heterocycles. The number of carbonyl (C=O) groups is 2. The maximum absolute atomic E-state index is 15.6. The van der Waals surface area contributed by atoms with Gasteiger partial charge in [-0.1, -0.05) is 6.07 Å². The van der Waals surface area contributed by atoms with E-state index in [-0.39, 0.29) is 16.9 Å². The summed E-state index contributed by atoms with van der Waals surface area (Å²) >= 11 is 0. The number of ether oxygens (including phenoxy) is 3. The molecule has 0 saturated heterocycles. The molecule has 0 aliphatic carbocycles. The molecule has 0 bridgehead atoms. The molecule has 0 radical (unpaired) electrons. The van der Waals surface area contributed by atoms with Crippen molar-refractivity contribution in [3.8, 4) is 34.1 Å². The maximum Gasteiger partial charge on any atom is 0.573 e. The SMILES string of the molecule is [2H]C([2H])([2H])Oc1cc(OC(F)(F)F)ccc1Oc1cc(-c2cccnc2)cc(F)c1C(=O)Nc1ccnc(C(N)=O)c1. The first-order chi connectivity index (χ1) is 19.7. The number of nitrogens with one attached hydrogen (secondary N) is 1. The van der Waals surface area contributed by atoms with E-state index in [4.69, 9.17) is 19.3 Å². The van der Waals surface area contributed by atoms with Gasteiger partial charge < -0.3 is 25.3 Å². The molecule has 9 nitrogen and oxygen atoms in total. The third-order valence-electron chi connectivity index (χ3n) is 5.02. The molecule has 0 unspecified atom stereocenters. The van der Waals surface area contributed by atoms with Crippen LogP contribution in [0.2, 0.25) is 0 Å². The van der Waals surface area contributed by atoms with Gasteiger partial charge in [-0.2, -0.15) is 0 Å². The van der Waals surface area contributed by atoms with E-state index in [9.17, 15) is 22.8 Å². The van der Waals surface area contributed by atoms with Gasteiger partial charge in [0.2, 0.25) is 0 Å². The zero-order valence-corrected chi connectivity index (χ0v) is 19.5. The number of methoxy groups -OCH3 is 1. The minimum atomic E-state index is -5.10. The number of hydrogen-bond acceptors (Lipinski definition) is 7. The Bertz CT molecular complexity index is 1640. The molecule has 0 spiro atoms. The highest BCUT2D eigenvalue weighted by molar-refractivity contribution is 6.07. The molecule has 2 aromatic carbocycles. The van der Waals surface area contributed by atoms with Crippen molar-refractivity contribution in [1.82, 2.24) is 9.97 Å². The molecule has 39 heavy (non-hydrogen) atoms. The molecule has 2 heterocycles. The van der Waals surface area contributed by atoms with E-state index in [1.807, 2.05) is 0 Å². The molecule has 4 rings (SSSR count). The lowest BCUT2D eigenvalue weighted by Gasteiger charge is -2.17. The van der Waals surface area contributed by atoms with Crippen LogP contribution in [0.15, 0.2) is 73.2 Å². The Hall–Kier alpha value is -5.20. The van der Waals surface area contributed by atoms with Gasteiger partial charge in [0.05, 0.1) is 11.2 Å². The first kappa shape index (κ1) is 23.0. The first-order valence-electron chi connectivity index (χ1n) is 12.3. The predicted molar refractivity (Wildman–Crippen MR) is 130 cm³/mol. The van der Waals surface area contributed by atoms with Gasteiger partial charge in [0.1, 0.15) is 28.6 Å². The van der Waals surface area contributed by atoms with Crippen LogP contribution in [0.4, 0.5) is 23.2 Å². The molecule has 0 aliphatic rings. The number of rotatable bonds is 8. The summed E-state index contributed by atoms with van der Waals surface area (Å²) < 4.78 is 90.4. The number of anilines is 1. The van der Waals surface area contributed by atoms with Gasteiger partial charge in [0, 0.05) is 35.9 Å². The molecule has 3 N–H and O–H groups in total. The topological polar surface area (TPSA) is 126 Å². The van der Waals surface area contributed by atoms with Crippen LogP contribution < -0.4 is 25.3 Å². The van der Waals surface area contributed by atoms with Crippen molar-refractivity contribution in [2.45, 2.75) is 6.36 Å². The van der Waals surface area contributed by atoms with Crippen LogP contribution in [0.5, 0.6) is 23.0 Å². The molecule has 2 amide bonds. The Labute approximate surface area is 222 Å². The molecule has 0 atom stereocenters. The number of aromatic nitrogens is 2. The van der Waals surface area contributed by atoms with Crippen molar-refractivity contribution in [2.75, 3.05) is 12.4 Å². The standard InChI is InChI=1S/C26H18F4N4O5/c1-37-21-12-17(39-26(28,29)30)4-5-20(21)38-22-10-15(14-3-2-7-32-13-14)9-18(27)23(22)25(36)34-16-6-8-33-19(11-16)24(31)35/h2-13H,1H3,(H2,31,35)(H,33,34,36)/i1D3. The quantitative estimate of drug-likeness (QED) is 0.287. The molecule has 13 heteroatoms. The number of hydrogen-bond donors (Lipinski definition) is 2. The summed E-state index contributed by atoms with van der Waals surface area (Å²) in [5, 5.41) is 2.38. The summed E-state index contributed by atoms with van der Waals surface area (Å²) in [5.41, 5.74) is 4.94. The Kier molecular flexibility index (Phi) is 6.50. The Morgan fingerprint density at radius 3 is 2.51 bits per heavy atom. The number of carbonyl (C=O) groups excluding carboxylic acids is 2. The number of nitrogens with zero attached hydrogens (tertiary/aromatic N) is 2. The molecule has 0 aliphatic heterocycles. The second-order valence-corrected chi connectivity index (χ2v) is 7.68. The summed E-state index contributed by atoms with van der Waals surface area (Å²) in [7, 11) is -3.14. The number of alkyl halides is 3. The van der Waals surface area contributed by atoms with Gasteiger partial charge in [0.25, 0.3) is 11.8 Å². The highest BCUT2D eigenvalue weighted by atomic mass is 19.4. The summed E-state index contributed by atoms with van der Waals surface area (Å²) in [5.74, 6) is -5.57. The number of benzene rings is 2. The van der Waals surface area contributed by atoms with E-state index in [0.717, 1.165) is 24.3 Å². The van der Waals surface area contributed by atoms with Crippen molar-refractivity contribution >= 4 is 17.5 Å². The van der Waals surface area contributed by atoms with E-state index in [1.54, 1.807) is 12.1 Å². The molecule has 4 aromatic rings. The Morgan fingerprint density at radius 1 is 1.00 bits per heavy atom. The summed E-state index contributed by atoms with van der Waals surface area (Å²) in [4.78, 5) is 32.4. The number of halogens is 4. The third-order valence-corrected chi connectivity index (χ3v) is 5.02. The highest BCUT2D eigenvalue weighted by Crippen LogP contribution is 2.39. The lowest BCUT2D eigenvalue weighted by atomic mass is 10.0. The lowest BCUT2D eigenvalue weighted by molar-refractivity contribution is -0.274. The number of nitrogens with two attached hydrogens (primary N) is 1. The van der Waals surface area contributed by atoms with Crippen LogP contribution in [0.25, 0.3) is 11.1 Å². The van der Waals surface area contributed by atoms with Crippen molar-refractivity contribution in [1.29, 1.82) is 0 Å². The largest absolute Gasteiger partial charge is 0.573 e. The zero-order chi connectivity index (χ0) is 30.7. The minimum absolute atomic E-state index is 0.0190. The van der Waals surface area contributed by atoms with E-state index in [0.29, 0.717) is 11.6 Å². The lowest BCUT2D eigenvalue weighted by Crippen LogP contribution is -2.17. The Balaban J connectivity index is 1.81. The van der Waals surface area contributed by atoms with Gasteiger partial charge in [-0.05, 0) is 48.0 Å². The summed E-state index contributed by atoms with van der Waals surface area (Å²) in [6, 6.07) is 10.1. The van der Waals surface area contributed by atoms with E-state index < -0.39 is 59.6 Å². The first-order valence-corrected chi connectivity index (χ1v) is 10.8. The van der Waals surface area contributed by atoms with E-state index in [1.165, 1.54) is 30.7 Å². The van der Waals surface area contributed by atoms with Gasteiger partial charge in [-0.3, -0.25) is 19.6 Å². The van der Waals surface area contributed by atoms with Gasteiger partial charge >= 0.3 is 6.36 Å². The fourth-order valence-corrected chi connectivity index (χ4v) is 3.39. The number of amides is 2. The average Bonchev–Trinajstić information content (AvgIpc) is 2.88. The molecule has 200 valence electrons. The van der Waals surface area contributed by atoms with Crippen molar-refractivity contribution in [2.24, 2.45) is 5.73 Å². The normalized spacial score (nSPS) is 12.5. The van der Waals surface area contributed by atoms with Crippen LogP contribution >= 0.6 is 0 Å². The van der Waals surface area contributed by atoms with E-state index in [2.05, 4.69) is 20.0 Å². The van der Waals surface area contributed by atoms with Crippen LogP contribution in [0.3, 0.4) is 0 Å². The predicted octanol–water partition coefficient (Wildman–Crippen LogP) is 5.33. The summed E-state index contributed by atoms with van der Waals surface area (Å²) in [6.07, 6.45) is -1.06. The Morgan fingerprint density at radius 2 is 1.82 bits per heavy atom. The average molecular weight is 545 g/mol.